The lowest BCUT2D eigenvalue weighted by Gasteiger charge is -2.22. The van der Waals surface area contributed by atoms with Gasteiger partial charge in [0.2, 0.25) is 5.91 Å². The number of halogens is 3. The van der Waals surface area contributed by atoms with Gasteiger partial charge in [-0.05, 0) is 36.8 Å². The van der Waals surface area contributed by atoms with E-state index in [1.54, 1.807) is 6.07 Å². The summed E-state index contributed by atoms with van der Waals surface area (Å²) < 4.78 is 39.1. The minimum Gasteiger partial charge on any atom is -0.388 e. The van der Waals surface area contributed by atoms with E-state index >= 15 is 0 Å². The Hall–Kier alpha value is -1.56. The SMILES string of the molecule is O=C(NCC1(O)CCCC1)C1CC1c1ccccc1C(F)(F)F. The molecule has 2 saturated carbocycles. The molecule has 23 heavy (non-hydrogen) atoms. The van der Waals surface area contributed by atoms with E-state index in [0.717, 1.165) is 18.9 Å². The fourth-order valence-corrected chi connectivity index (χ4v) is 3.50. The van der Waals surface area contributed by atoms with Crippen LogP contribution < -0.4 is 5.32 Å². The van der Waals surface area contributed by atoms with Gasteiger partial charge in [-0.1, -0.05) is 31.0 Å². The monoisotopic (exact) mass is 327 g/mol. The topological polar surface area (TPSA) is 49.3 Å². The van der Waals surface area contributed by atoms with E-state index in [0.29, 0.717) is 19.3 Å². The van der Waals surface area contributed by atoms with E-state index in [2.05, 4.69) is 5.32 Å². The summed E-state index contributed by atoms with van der Waals surface area (Å²) in [6.07, 6.45) is -0.762. The summed E-state index contributed by atoms with van der Waals surface area (Å²) >= 11 is 0. The highest BCUT2D eigenvalue weighted by Gasteiger charge is 2.48. The van der Waals surface area contributed by atoms with Crippen molar-refractivity contribution in [3.8, 4) is 0 Å². The van der Waals surface area contributed by atoms with Crippen molar-refractivity contribution >= 4 is 5.91 Å². The highest BCUT2D eigenvalue weighted by atomic mass is 19.4. The molecule has 2 N–H and O–H groups in total. The fraction of sp³-hybridized carbons (Fsp3) is 0.588. The molecule has 3 rings (SSSR count). The second-order valence-corrected chi connectivity index (χ2v) is 6.68. The first-order chi connectivity index (χ1) is 10.8. The van der Waals surface area contributed by atoms with Crippen LogP contribution in [0.1, 0.15) is 49.1 Å². The van der Waals surface area contributed by atoms with Gasteiger partial charge in [-0.15, -0.1) is 0 Å². The van der Waals surface area contributed by atoms with Crippen LogP contribution in [0.25, 0.3) is 0 Å². The summed E-state index contributed by atoms with van der Waals surface area (Å²) in [5.41, 5.74) is -1.31. The van der Waals surface area contributed by atoms with E-state index in [1.165, 1.54) is 12.1 Å². The minimum absolute atomic E-state index is 0.190. The minimum atomic E-state index is -4.40. The summed E-state index contributed by atoms with van der Waals surface area (Å²) in [6.45, 7) is 0.190. The smallest absolute Gasteiger partial charge is 0.388 e. The average Bonchev–Trinajstić information content (AvgIpc) is 3.19. The van der Waals surface area contributed by atoms with E-state index in [4.69, 9.17) is 0 Å². The molecule has 126 valence electrons. The molecule has 0 heterocycles. The van der Waals surface area contributed by atoms with Crippen molar-refractivity contribution in [2.24, 2.45) is 5.92 Å². The Morgan fingerprint density at radius 3 is 2.57 bits per heavy atom. The average molecular weight is 327 g/mol. The van der Waals surface area contributed by atoms with Crippen molar-refractivity contribution in [3.63, 3.8) is 0 Å². The summed E-state index contributed by atoms with van der Waals surface area (Å²) in [5.74, 6) is -1.07. The van der Waals surface area contributed by atoms with E-state index in [-0.39, 0.29) is 23.9 Å². The molecule has 2 unspecified atom stereocenters. The Labute approximate surface area is 132 Å². The molecule has 3 nitrogen and oxygen atoms in total. The van der Waals surface area contributed by atoms with Gasteiger partial charge in [-0.3, -0.25) is 4.79 Å². The molecule has 0 saturated heterocycles. The molecular formula is C17H20F3NO2. The van der Waals surface area contributed by atoms with Crippen molar-refractivity contribution in [1.82, 2.24) is 5.32 Å². The van der Waals surface area contributed by atoms with Crippen LogP contribution in [0.3, 0.4) is 0 Å². The first kappa shape index (κ1) is 16.3. The maximum absolute atomic E-state index is 13.0. The fourth-order valence-electron chi connectivity index (χ4n) is 3.50. The van der Waals surface area contributed by atoms with Crippen LogP contribution in [0.4, 0.5) is 13.2 Å². The quantitative estimate of drug-likeness (QED) is 0.892. The first-order valence-corrected chi connectivity index (χ1v) is 7.96. The molecule has 1 aromatic carbocycles. The van der Waals surface area contributed by atoms with Crippen LogP contribution in [-0.2, 0) is 11.0 Å². The molecule has 0 aromatic heterocycles. The number of alkyl halides is 3. The summed E-state index contributed by atoms with van der Waals surface area (Å²) in [4.78, 5) is 12.1. The molecule has 0 aliphatic heterocycles. The van der Waals surface area contributed by atoms with Gasteiger partial charge in [0.1, 0.15) is 0 Å². The Balaban J connectivity index is 1.62. The molecule has 6 heteroatoms. The first-order valence-electron chi connectivity index (χ1n) is 7.96. The Morgan fingerprint density at radius 1 is 1.26 bits per heavy atom. The highest BCUT2D eigenvalue weighted by molar-refractivity contribution is 5.83. The number of rotatable bonds is 4. The molecule has 2 fully saturated rings. The molecule has 0 bridgehead atoms. The maximum Gasteiger partial charge on any atom is 0.416 e. The van der Waals surface area contributed by atoms with E-state index in [9.17, 15) is 23.1 Å². The van der Waals surface area contributed by atoms with Crippen LogP contribution in [-0.4, -0.2) is 23.2 Å². The second kappa shape index (κ2) is 5.82. The van der Waals surface area contributed by atoms with Gasteiger partial charge in [-0.2, -0.15) is 13.2 Å². The summed E-state index contributed by atoms with van der Waals surface area (Å²) in [6, 6.07) is 5.44. The predicted molar refractivity (Wildman–Crippen MR) is 78.7 cm³/mol. The maximum atomic E-state index is 13.0. The van der Waals surface area contributed by atoms with E-state index in [1.807, 2.05) is 0 Å². The number of hydrogen-bond acceptors (Lipinski definition) is 2. The predicted octanol–water partition coefficient (Wildman–Crippen LogP) is 3.23. The number of benzene rings is 1. The molecular weight excluding hydrogens is 307 g/mol. The lowest BCUT2D eigenvalue weighted by Crippen LogP contribution is -2.41. The largest absolute Gasteiger partial charge is 0.416 e. The Kier molecular flexibility index (Phi) is 4.12. The highest BCUT2D eigenvalue weighted by Crippen LogP contribution is 2.51. The van der Waals surface area contributed by atoms with Gasteiger partial charge in [0.05, 0.1) is 11.2 Å². The zero-order chi connectivity index (χ0) is 16.7. The second-order valence-electron chi connectivity index (χ2n) is 6.68. The van der Waals surface area contributed by atoms with Crippen LogP contribution in [0.15, 0.2) is 24.3 Å². The van der Waals surface area contributed by atoms with Crippen LogP contribution in [0.5, 0.6) is 0 Å². The van der Waals surface area contributed by atoms with Crippen molar-refractivity contribution in [1.29, 1.82) is 0 Å². The van der Waals surface area contributed by atoms with Crippen LogP contribution in [0.2, 0.25) is 0 Å². The van der Waals surface area contributed by atoms with Crippen LogP contribution >= 0.6 is 0 Å². The van der Waals surface area contributed by atoms with Gasteiger partial charge in [0.25, 0.3) is 0 Å². The third-order valence-electron chi connectivity index (χ3n) is 4.92. The lowest BCUT2D eigenvalue weighted by atomic mass is 10.0. The third-order valence-corrected chi connectivity index (χ3v) is 4.92. The summed E-state index contributed by atoms with van der Waals surface area (Å²) in [7, 11) is 0. The van der Waals surface area contributed by atoms with Gasteiger partial charge in [-0.25, -0.2) is 0 Å². The van der Waals surface area contributed by atoms with Crippen molar-refractivity contribution in [2.45, 2.75) is 49.8 Å². The van der Waals surface area contributed by atoms with Gasteiger partial charge >= 0.3 is 6.18 Å². The Bertz CT molecular complexity index is 594. The number of nitrogens with one attached hydrogen (secondary N) is 1. The van der Waals surface area contributed by atoms with Crippen LogP contribution in [0, 0.1) is 5.92 Å². The molecule has 2 atom stereocenters. The molecule has 2 aliphatic carbocycles. The van der Waals surface area contributed by atoms with Crippen molar-refractivity contribution < 1.29 is 23.1 Å². The molecule has 0 radical (unpaired) electrons. The molecule has 1 amide bonds. The molecule has 0 spiro atoms. The van der Waals surface area contributed by atoms with Gasteiger partial charge < -0.3 is 10.4 Å². The normalized spacial score (nSPS) is 26.1. The van der Waals surface area contributed by atoms with Gasteiger partial charge in [0, 0.05) is 12.5 Å². The van der Waals surface area contributed by atoms with Crippen molar-refractivity contribution in [2.75, 3.05) is 6.54 Å². The number of carbonyl (C=O) groups excluding carboxylic acids is 1. The molecule has 1 aromatic rings. The number of carbonyl (C=O) groups is 1. The van der Waals surface area contributed by atoms with E-state index < -0.39 is 23.3 Å². The number of aliphatic hydroxyl groups is 1. The third kappa shape index (κ3) is 3.52. The molecule has 2 aliphatic rings. The van der Waals surface area contributed by atoms with Gasteiger partial charge in [0.15, 0.2) is 0 Å². The standard InChI is InChI=1S/C17H20F3NO2/c18-17(19,20)14-6-2-1-5-11(14)12-9-13(12)15(22)21-10-16(23)7-3-4-8-16/h1-2,5-6,12-13,23H,3-4,7-10H2,(H,21,22). The zero-order valence-corrected chi connectivity index (χ0v) is 12.7. The lowest BCUT2D eigenvalue weighted by molar-refractivity contribution is -0.138. The number of hydrogen-bond donors (Lipinski definition) is 2. The van der Waals surface area contributed by atoms with Crippen molar-refractivity contribution in [3.05, 3.63) is 35.4 Å². The zero-order valence-electron chi connectivity index (χ0n) is 12.7. The Morgan fingerprint density at radius 2 is 1.91 bits per heavy atom. The summed E-state index contributed by atoms with van der Waals surface area (Å²) in [5, 5.41) is 12.9. The number of amides is 1.